The first kappa shape index (κ1) is 15.3. The molecule has 1 atom stereocenters. The summed E-state index contributed by atoms with van der Waals surface area (Å²) in [7, 11) is 0. The van der Waals surface area contributed by atoms with Crippen molar-refractivity contribution < 1.29 is 0 Å². The van der Waals surface area contributed by atoms with E-state index in [2.05, 4.69) is 43.1 Å². The summed E-state index contributed by atoms with van der Waals surface area (Å²) in [6.07, 6.45) is 8.58. The molecule has 112 valence electrons. The monoisotopic (exact) mass is 275 g/mol. The second-order valence-corrected chi connectivity index (χ2v) is 6.19. The van der Waals surface area contributed by atoms with E-state index in [1.807, 2.05) is 6.20 Å². The van der Waals surface area contributed by atoms with Gasteiger partial charge in [-0.2, -0.15) is 0 Å². The molecular formula is C17H29N3. The van der Waals surface area contributed by atoms with Crippen LogP contribution in [0.1, 0.15) is 58.4 Å². The average molecular weight is 275 g/mol. The molecule has 0 aliphatic carbocycles. The van der Waals surface area contributed by atoms with Crippen molar-refractivity contribution in [1.29, 1.82) is 0 Å². The summed E-state index contributed by atoms with van der Waals surface area (Å²) < 4.78 is 0. The molecule has 1 aromatic heterocycles. The molecule has 1 N–H and O–H groups in total. The molecule has 0 aromatic carbocycles. The number of pyridine rings is 1. The quantitative estimate of drug-likeness (QED) is 0.857. The van der Waals surface area contributed by atoms with Gasteiger partial charge in [0.05, 0.1) is 0 Å². The third kappa shape index (κ3) is 4.20. The van der Waals surface area contributed by atoms with Crippen LogP contribution in [-0.4, -0.2) is 23.6 Å². The predicted molar refractivity (Wildman–Crippen MR) is 86.1 cm³/mol. The molecular weight excluding hydrogens is 246 g/mol. The van der Waals surface area contributed by atoms with Crippen LogP contribution in [0.5, 0.6) is 0 Å². The highest BCUT2D eigenvalue weighted by molar-refractivity contribution is 5.41. The average Bonchev–Trinajstić information content (AvgIpc) is 2.47. The van der Waals surface area contributed by atoms with E-state index in [1.165, 1.54) is 44.2 Å². The Hall–Kier alpha value is -1.09. The van der Waals surface area contributed by atoms with E-state index in [0.29, 0.717) is 12.1 Å². The standard InChI is InChI=1S/C17H29N3/c1-4-7-16-8-5-6-11-20(16)17-10-9-15(13-19-17)12-18-14(2)3/h9-10,13-14,16,18H,4-8,11-12H2,1-3H3. The van der Waals surface area contributed by atoms with Crippen molar-refractivity contribution in [2.24, 2.45) is 0 Å². The van der Waals surface area contributed by atoms with Crippen molar-refractivity contribution in [3.05, 3.63) is 23.9 Å². The van der Waals surface area contributed by atoms with Crippen molar-refractivity contribution in [3.8, 4) is 0 Å². The lowest BCUT2D eigenvalue weighted by Gasteiger charge is -2.36. The second kappa shape index (κ2) is 7.63. The van der Waals surface area contributed by atoms with Crippen LogP contribution in [0.3, 0.4) is 0 Å². The lowest BCUT2D eigenvalue weighted by molar-refractivity contribution is 0.432. The van der Waals surface area contributed by atoms with Crippen LogP contribution in [0.2, 0.25) is 0 Å². The van der Waals surface area contributed by atoms with Crippen molar-refractivity contribution in [2.45, 2.75) is 71.5 Å². The van der Waals surface area contributed by atoms with Crippen LogP contribution in [0.15, 0.2) is 18.3 Å². The predicted octanol–water partition coefficient (Wildman–Crippen LogP) is 3.74. The number of aromatic nitrogens is 1. The number of hydrogen-bond donors (Lipinski definition) is 1. The van der Waals surface area contributed by atoms with E-state index in [1.54, 1.807) is 0 Å². The minimum absolute atomic E-state index is 0.519. The van der Waals surface area contributed by atoms with Gasteiger partial charge in [-0.25, -0.2) is 4.98 Å². The zero-order valence-electron chi connectivity index (χ0n) is 13.2. The molecule has 0 bridgehead atoms. The Morgan fingerprint density at radius 1 is 1.35 bits per heavy atom. The molecule has 3 heteroatoms. The molecule has 1 aliphatic rings. The van der Waals surface area contributed by atoms with Crippen LogP contribution >= 0.6 is 0 Å². The number of hydrogen-bond acceptors (Lipinski definition) is 3. The Morgan fingerprint density at radius 2 is 2.20 bits per heavy atom. The second-order valence-electron chi connectivity index (χ2n) is 6.19. The minimum Gasteiger partial charge on any atom is -0.354 e. The van der Waals surface area contributed by atoms with Gasteiger partial charge in [-0.1, -0.05) is 33.3 Å². The first-order valence-corrected chi connectivity index (χ1v) is 8.15. The Kier molecular flexibility index (Phi) is 5.84. The highest BCUT2D eigenvalue weighted by Gasteiger charge is 2.22. The molecule has 1 aromatic rings. The molecule has 2 rings (SSSR count). The Labute approximate surface area is 123 Å². The number of rotatable bonds is 6. The van der Waals surface area contributed by atoms with Gasteiger partial charge in [-0.05, 0) is 37.3 Å². The molecule has 0 radical (unpaired) electrons. The van der Waals surface area contributed by atoms with Gasteiger partial charge in [0.15, 0.2) is 0 Å². The van der Waals surface area contributed by atoms with E-state index >= 15 is 0 Å². The number of nitrogens with zero attached hydrogens (tertiary/aromatic N) is 2. The fourth-order valence-electron chi connectivity index (χ4n) is 2.95. The van der Waals surface area contributed by atoms with Gasteiger partial charge in [-0.3, -0.25) is 0 Å². The van der Waals surface area contributed by atoms with Gasteiger partial charge in [0.1, 0.15) is 5.82 Å². The smallest absolute Gasteiger partial charge is 0.128 e. The van der Waals surface area contributed by atoms with E-state index in [0.717, 1.165) is 12.4 Å². The molecule has 2 heterocycles. The number of piperidine rings is 1. The number of anilines is 1. The molecule has 0 saturated carbocycles. The molecule has 3 nitrogen and oxygen atoms in total. The highest BCUT2D eigenvalue weighted by atomic mass is 15.2. The van der Waals surface area contributed by atoms with Gasteiger partial charge in [-0.15, -0.1) is 0 Å². The normalized spacial score (nSPS) is 19.6. The first-order chi connectivity index (χ1) is 9.70. The van der Waals surface area contributed by atoms with Crippen LogP contribution in [0.4, 0.5) is 5.82 Å². The first-order valence-electron chi connectivity index (χ1n) is 8.15. The Bertz CT molecular complexity index is 384. The summed E-state index contributed by atoms with van der Waals surface area (Å²) in [5.74, 6) is 1.16. The lowest BCUT2D eigenvalue weighted by Crippen LogP contribution is -2.40. The van der Waals surface area contributed by atoms with Crippen LogP contribution in [0.25, 0.3) is 0 Å². The van der Waals surface area contributed by atoms with Crippen molar-refractivity contribution >= 4 is 5.82 Å². The third-order valence-corrected chi connectivity index (χ3v) is 4.07. The van der Waals surface area contributed by atoms with Gasteiger partial charge in [0, 0.05) is 31.4 Å². The maximum Gasteiger partial charge on any atom is 0.128 e. The van der Waals surface area contributed by atoms with Crippen molar-refractivity contribution in [2.75, 3.05) is 11.4 Å². The molecule has 0 amide bonds. The molecule has 1 unspecified atom stereocenters. The van der Waals surface area contributed by atoms with E-state index < -0.39 is 0 Å². The van der Waals surface area contributed by atoms with E-state index in [9.17, 15) is 0 Å². The fraction of sp³-hybridized carbons (Fsp3) is 0.706. The Balaban J connectivity index is 2.00. The summed E-state index contributed by atoms with van der Waals surface area (Å²) in [5, 5.41) is 3.44. The van der Waals surface area contributed by atoms with Gasteiger partial charge >= 0.3 is 0 Å². The fourth-order valence-corrected chi connectivity index (χ4v) is 2.95. The van der Waals surface area contributed by atoms with Crippen LogP contribution < -0.4 is 10.2 Å². The van der Waals surface area contributed by atoms with E-state index in [4.69, 9.17) is 4.98 Å². The SMILES string of the molecule is CCCC1CCCCN1c1ccc(CNC(C)C)cn1. The van der Waals surface area contributed by atoms with Gasteiger partial charge in [0.2, 0.25) is 0 Å². The minimum atomic E-state index is 0.519. The lowest BCUT2D eigenvalue weighted by atomic mass is 9.98. The van der Waals surface area contributed by atoms with Gasteiger partial charge in [0.25, 0.3) is 0 Å². The summed E-state index contributed by atoms with van der Waals surface area (Å²) in [4.78, 5) is 7.22. The molecule has 1 fully saturated rings. The largest absolute Gasteiger partial charge is 0.354 e. The van der Waals surface area contributed by atoms with Crippen LogP contribution in [-0.2, 0) is 6.54 Å². The topological polar surface area (TPSA) is 28.2 Å². The summed E-state index contributed by atoms with van der Waals surface area (Å²) in [5.41, 5.74) is 1.27. The molecule has 1 aliphatic heterocycles. The van der Waals surface area contributed by atoms with Crippen LogP contribution in [0, 0.1) is 0 Å². The summed E-state index contributed by atoms with van der Waals surface area (Å²) >= 11 is 0. The van der Waals surface area contributed by atoms with Crippen molar-refractivity contribution in [1.82, 2.24) is 10.3 Å². The van der Waals surface area contributed by atoms with Crippen molar-refractivity contribution in [3.63, 3.8) is 0 Å². The molecule has 20 heavy (non-hydrogen) atoms. The summed E-state index contributed by atoms with van der Waals surface area (Å²) in [6.45, 7) is 8.70. The summed E-state index contributed by atoms with van der Waals surface area (Å²) in [6, 6.07) is 5.63. The Morgan fingerprint density at radius 3 is 2.85 bits per heavy atom. The zero-order valence-corrected chi connectivity index (χ0v) is 13.2. The molecule has 0 spiro atoms. The highest BCUT2D eigenvalue weighted by Crippen LogP contribution is 2.25. The maximum absolute atomic E-state index is 4.70. The van der Waals surface area contributed by atoms with Gasteiger partial charge < -0.3 is 10.2 Å². The number of nitrogens with one attached hydrogen (secondary N) is 1. The zero-order chi connectivity index (χ0) is 14.4. The van der Waals surface area contributed by atoms with E-state index in [-0.39, 0.29) is 0 Å². The molecule has 1 saturated heterocycles. The third-order valence-electron chi connectivity index (χ3n) is 4.07. The maximum atomic E-state index is 4.70.